The molecule has 5 heteroatoms. The first-order chi connectivity index (χ1) is 10.2. The molecular weight excluding hydrogens is 272 g/mol. The molecule has 1 aromatic carbocycles. The number of rotatable bonds is 5. The normalized spacial score (nSPS) is 22.0. The van der Waals surface area contributed by atoms with Gasteiger partial charge in [0.1, 0.15) is 0 Å². The van der Waals surface area contributed by atoms with Crippen molar-refractivity contribution >= 4 is 0 Å². The Labute approximate surface area is 123 Å². The molecule has 1 fully saturated rings. The molecule has 0 bridgehead atoms. The first kappa shape index (κ1) is 14.2. The fourth-order valence-corrected chi connectivity index (χ4v) is 3.03. The first-order valence-corrected chi connectivity index (χ1v) is 7.32. The highest BCUT2D eigenvalue weighted by Gasteiger charge is 2.27. The summed E-state index contributed by atoms with van der Waals surface area (Å²) in [6.45, 7) is 0.708. The number of imidazole rings is 1. The fraction of sp³-hybridized carbons (Fsp3) is 0.438. The van der Waals surface area contributed by atoms with E-state index in [1.54, 1.807) is 18.3 Å². The SMILES string of the molecule is FC(F)c1ccc(CNC2CCCC2n2ccnc2)cc1. The van der Waals surface area contributed by atoms with Gasteiger partial charge in [0.2, 0.25) is 0 Å². The minimum absolute atomic E-state index is 0.0795. The van der Waals surface area contributed by atoms with Gasteiger partial charge in [0, 0.05) is 36.6 Å². The van der Waals surface area contributed by atoms with E-state index in [1.165, 1.54) is 18.6 Å². The van der Waals surface area contributed by atoms with Crippen molar-refractivity contribution in [2.24, 2.45) is 0 Å². The van der Waals surface area contributed by atoms with Crippen LogP contribution in [-0.4, -0.2) is 15.6 Å². The van der Waals surface area contributed by atoms with Crippen LogP contribution in [0.4, 0.5) is 8.78 Å². The average molecular weight is 291 g/mol. The lowest BCUT2D eigenvalue weighted by atomic mass is 10.1. The van der Waals surface area contributed by atoms with E-state index >= 15 is 0 Å². The molecule has 1 aliphatic carbocycles. The lowest BCUT2D eigenvalue weighted by Crippen LogP contribution is -2.33. The van der Waals surface area contributed by atoms with Crippen molar-refractivity contribution in [2.75, 3.05) is 0 Å². The molecule has 1 N–H and O–H groups in total. The predicted octanol–water partition coefficient (Wildman–Crippen LogP) is 3.70. The van der Waals surface area contributed by atoms with Crippen LogP contribution < -0.4 is 5.32 Å². The summed E-state index contributed by atoms with van der Waals surface area (Å²) in [7, 11) is 0. The molecule has 0 amide bonds. The van der Waals surface area contributed by atoms with Gasteiger partial charge >= 0.3 is 0 Å². The molecule has 2 atom stereocenters. The van der Waals surface area contributed by atoms with Crippen LogP contribution in [-0.2, 0) is 6.54 Å². The maximum Gasteiger partial charge on any atom is 0.263 e. The van der Waals surface area contributed by atoms with Gasteiger partial charge in [0.25, 0.3) is 6.43 Å². The van der Waals surface area contributed by atoms with E-state index in [4.69, 9.17) is 0 Å². The van der Waals surface area contributed by atoms with E-state index in [2.05, 4.69) is 14.9 Å². The molecule has 1 aromatic heterocycles. The number of benzene rings is 1. The Bertz CT molecular complexity index is 551. The molecule has 1 aliphatic rings. The van der Waals surface area contributed by atoms with Crippen LogP contribution >= 0.6 is 0 Å². The second-order valence-corrected chi connectivity index (χ2v) is 5.54. The second-order valence-electron chi connectivity index (χ2n) is 5.54. The molecule has 112 valence electrons. The third-order valence-electron chi connectivity index (χ3n) is 4.19. The predicted molar refractivity (Wildman–Crippen MR) is 77.1 cm³/mol. The summed E-state index contributed by atoms with van der Waals surface area (Å²) in [6, 6.07) is 7.40. The summed E-state index contributed by atoms with van der Waals surface area (Å²) in [5, 5.41) is 3.55. The molecule has 21 heavy (non-hydrogen) atoms. The molecule has 1 saturated carbocycles. The van der Waals surface area contributed by atoms with E-state index in [0.717, 1.165) is 18.4 Å². The Morgan fingerprint density at radius 3 is 2.71 bits per heavy atom. The minimum atomic E-state index is -2.40. The van der Waals surface area contributed by atoms with Crippen LogP contribution in [0.1, 0.15) is 42.9 Å². The zero-order chi connectivity index (χ0) is 14.7. The van der Waals surface area contributed by atoms with Crippen molar-refractivity contribution in [2.45, 2.75) is 44.3 Å². The summed E-state index contributed by atoms with van der Waals surface area (Å²) in [4.78, 5) is 4.11. The van der Waals surface area contributed by atoms with Gasteiger partial charge in [0.15, 0.2) is 0 Å². The average Bonchev–Trinajstić information content (AvgIpc) is 3.16. The molecule has 0 aliphatic heterocycles. The lowest BCUT2D eigenvalue weighted by molar-refractivity contribution is 0.151. The molecule has 3 rings (SSSR count). The highest BCUT2D eigenvalue weighted by molar-refractivity contribution is 5.23. The van der Waals surface area contributed by atoms with E-state index in [0.29, 0.717) is 18.6 Å². The summed E-state index contributed by atoms with van der Waals surface area (Å²) < 4.78 is 27.2. The molecule has 0 spiro atoms. The highest BCUT2D eigenvalue weighted by Crippen LogP contribution is 2.30. The molecular formula is C16H19F2N3. The standard InChI is InChI=1S/C16H19F2N3/c17-16(18)13-6-4-12(5-7-13)10-20-14-2-1-3-15(14)21-9-8-19-11-21/h4-9,11,14-16,20H,1-3,10H2. The molecule has 1 heterocycles. The molecule has 0 radical (unpaired) electrons. The van der Waals surface area contributed by atoms with Gasteiger partial charge in [-0.2, -0.15) is 0 Å². The highest BCUT2D eigenvalue weighted by atomic mass is 19.3. The van der Waals surface area contributed by atoms with Crippen molar-refractivity contribution in [3.63, 3.8) is 0 Å². The van der Waals surface area contributed by atoms with Crippen molar-refractivity contribution in [3.05, 3.63) is 54.1 Å². The van der Waals surface area contributed by atoms with Crippen LogP contribution in [0.2, 0.25) is 0 Å². The third kappa shape index (κ3) is 3.29. The molecule has 2 unspecified atom stereocenters. The zero-order valence-electron chi connectivity index (χ0n) is 11.8. The van der Waals surface area contributed by atoms with E-state index in [-0.39, 0.29) is 5.56 Å². The van der Waals surface area contributed by atoms with Crippen molar-refractivity contribution < 1.29 is 8.78 Å². The summed E-state index contributed by atoms with van der Waals surface area (Å²) >= 11 is 0. The Morgan fingerprint density at radius 2 is 2.05 bits per heavy atom. The second kappa shape index (κ2) is 6.35. The number of nitrogens with one attached hydrogen (secondary N) is 1. The Balaban J connectivity index is 1.59. The summed E-state index contributed by atoms with van der Waals surface area (Å²) in [5.41, 5.74) is 1.12. The lowest BCUT2D eigenvalue weighted by Gasteiger charge is -2.22. The van der Waals surface area contributed by atoms with Crippen LogP contribution in [0.3, 0.4) is 0 Å². The molecule has 2 aromatic rings. The summed E-state index contributed by atoms with van der Waals surface area (Å²) in [6.07, 6.45) is 6.76. The Hall–Kier alpha value is -1.75. The van der Waals surface area contributed by atoms with Crippen LogP contribution in [0.15, 0.2) is 43.0 Å². The van der Waals surface area contributed by atoms with Gasteiger partial charge in [0.05, 0.1) is 6.33 Å². The number of nitrogens with zero attached hydrogens (tertiary/aromatic N) is 2. The van der Waals surface area contributed by atoms with Crippen LogP contribution in [0.25, 0.3) is 0 Å². The van der Waals surface area contributed by atoms with E-state index in [1.807, 2.05) is 12.5 Å². The largest absolute Gasteiger partial charge is 0.333 e. The Morgan fingerprint density at radius 1 is 1.24 bits per heavy atom. The number of alkyl halides is 2. The maximum atomic E-state index is 12.5. The Kier molecular flexibility index (Phi) is 4.29. The van der Waals surface area contributed by atoms with E-state index < -0.39 is 6.43 Å². The monoisotopic (exact) mass is 291 g/mol. The summed E-state index contributed by atoms with van der Waals surface area (Å²) in [5.74, 6) is 0. The van der Waals surface area contributed by atoms with Gasteiger partial charge in [-0.25, -0.2) is 13.8 Å². The van der Waals surface area contributed by atoms with Crippen LogP contribution in [0, 0.1) is 0 Å². The van der Waals surface area contributed by atoms with Gasteiger partial charge in [-0.05, 0) is 24.8 Å². The third-order valence-corrected chi connectivity index (χ3v) is 4.19. The van der Waals surface area contributed by atoms with Gasteiger partial charge in [-0.1, -0.05) is 24.3 Å². The molecule has 3 nitrogen and oxygen atoms in total. The topological polar surface area (TPSA) is 29.9 Å². The molecule has 0 saturated heterocycles. The van der Waals surface area contributed by atoms with Crippen molar-refractivity contribution in [1.82, 2.24) is 14.9 Å². The first-order valence-electron chi connectivity index (χ1n) is 7.32. The van der Waals surface area contributed by atoms with Gasteiger partial charge in [-0.15, -0.1) is 0 Å². The number of halogens is 2. The van der Waals surface area contributed by atoms with Gasteiger partial charge < -0.3 is 9.88 Å². The van der Waals surface area contributed by atoms with Gasteiger partial charge in [-0.3, -0.25) is 0 Å². The maximum absolute atomic E-state index is 12.5. The van der Waals surface area contributed by atoms with Crippen molar-refractivity contribution in [3.8, 4) is 0 Å². The van der Waals surface area contributed by atoms with E-state index in [9.17, 15) is 8.78 Å². The van der Waals surface area contributed by atoms with Crippen LogP contribution in [0.5, 0.6) is 0 Å². The number of hydrogen-bond acceptors (Lipinski definition) is 2. The number of aromatic nitrogens is 2. The fourth-order valence-electron chi connectivity index (χ4n) is 3.03. The minimum Gasteiger partial charge on any atom is -0.333 e. The zero-order valence-corrected chi connectivity index (χ0v) is 11.8. The number of hydrogen-bond donors (Lipinski definition) is 1. The smallest absolute Gasteiger partial charge is 0.263 e. The van der Waals surface area contributed by atoms with Crippen molar-refractivity contribution in [1.29, 1.82) is 0 Å². The quantitative estimate of drug-likeness (QED) is 0.910.